The highest BCUT2D eigenvalue weighted by molar-refractivity contribution is 7.18. The van der Waals surface area contributed by atoms with Crippen LogP contribution in [0.15, 0.2) is 48.7 Å². The molecule has 0 radical (unpaired) electrons. The van der Waals surface area contributed by atoms with Crippen molar-refractivity contribution in [1.29, 1.82) is 0 Å². The Balaban J connectivity index is 1.63. The summed E-state index contributed by atoms with van der Waals surface area (Å²) < 4.78 is 5.71. The average Bonchev–Trinajstić information content (AvgIpc) is 3.24. The van der Waals surface area contributed by atoms with Crippen LogP contribution in [0.1, 0.15) is 31.4 Å². The molecule has 0 saturated heterocycles. The van der Waals surface area contributed by atoms with Crippen LogP contribution in [-0.2, 0) is 12.8 Å². The topological polar surface area (TPSA) is 22.1 Å². The van der Waals surface area contributed by atoms with Crippen molar-refractivity contribution >= 4 is 11.3 Å². The highest BCUT2D eigenvalue weighted by Crippen LogP contribution is 2.37. The van der Waals surface area contributed by atoms with Crippen LogP contribution >= 0.6 is 11.3 Å². The molecule has 24 heavy (non-hydrogen) atoms. The minimum Gasteiger partial charge on any atom is -0.491 e. The lowest BCUT2D eigenvalue weighted by Gasteiger charge is -2.09. The smallest absolute Gasteiger partial charge is 0.123 e. The summed E-state index contributed by atoms with van der Waals surface area (Å²) in [5.41, 5.74) is 5.55. The Morgan fingerprint density at radius 1 is 1.04 bits per heavy atom. The van der Waals surface area contributed by atoms with Crippen LogP contribution in [0.3, 0.4) is 0 Å². The Hall–Kier alpha value is -2.13. The van der Waals surface area contributed by atoms with Gasteiger partial charge < -0.3 is 4.74 Å². The fraction of sp³-hybridized carbons (Fsp3) is 0.286. The predicted molar refractivity (Wildman–Crippen MR) is 101 cm³/mol. The maximum atomic E-state index is 5.71. The maximum absolute atomic E-state index is 5.71. The van der Waals surface area contributed by atoms with Gasteiger partial charge in [-0.25, -0.2) is 4.98 Å². The second-order valence-corrected chi connectivity index (χ2v) is 7.55. The van der Waals surface area contributed by atoms with Gasteiger partial charge in [0, 0.05) is 11.8 Å². The van der Waals surface area contributed by atoms with Gasteiger partial charge in [-0.1, -0.05) is 18.2 Å². The molecule has 0 saturated carbocycles. The molecular weight excluding hydrogens is 314 g/mol. The van der Waals surface area contributed by atoms with Crippen LogP contribution in [0.4, 0.5) is 0 Å². The highest BCUT2D eigenvalue weighted by atomic mass is 32.1. The van der Waals surface area contributed by atoms with E-state index in [1.54, 1.807) is 11.3 Å². The molecule has 0 N–H and O–H groups in total. The number of aryl methyl sites for hydroxylation is 1. The van der Waals surface area contributed by atoms with Crippen molar-refractivity contribution in [2.45, 2.75) is 39.2 Å². The van der Waals surface area contributed by atoms with Crippen molar-refractivity contribution in [2.75, 3.05) is 0 Å². The predicted octanol–water partition coefficient (Wildman–Crippen LogP) is 5.75. The third kappa shape index (κ3) is 2.96. The number of rotatable bonds is 4. The first kappa shape index (κ1) is 15.4. The zero-order valence-electron chi connectivity index (χ0n) is 14.1. The number of nitrogens with zero attached hydrogens (tertiary/aromatic N) is 1. The zero-order valence-corrected chi connectivity index (χ0v) is 14.9. The molecule has 2 nitrogen and oxygen atoms in total. The second kappa shape index (κ2) is 6.40. The van der Waals surface area contributed by atoms with Gasteiger partial charge in [-0.15, -0.1) is 11.3 Å². The largest absolute Gasteiger partial charge is 0.491 e. The molecule has 1 aliphatic rings. The summed E-state index contributed by atoms with van der Waals surface area (Å²) in [4.78, 5) is 5.93. The van der Waals surface area contributed by atoms with Gasteiger partial charge in [0.25, 0.3) is 0 Å². The van der Waals surface area contributed by atoms with E-state index in [9.17, 15) is 0 Å². The van der Waals surface area contributed by atoms with Crippen molar-refractivity contribution in [1.82, 2.24) is 4.98 Å². The van der Waals surface area contributed by atoms with Crippen molar-refractivity contribution in [3.63, 3.8) is 0 Å². The highest BCUT2D eigenvalue weighted by Gasteiger charge is 2.17. The van der Waals surface area contributed by atoms with Crippen molar-refractivity contribution < 1.29 is 4.74 Å². The van der Waals surface area contributed by atoms with E-state index in [2.05, 4.69) is 35.3 Å². The molecule has 0 fully saturated rings. The lowest BCUT2D eigenvalue weighted by molar-refractivity contribution is 0.242. The first-order valence-electron chi connectivity index (χ1n) is 8.55. The van der Waals surface area contributed by atoms with Crippen LogP contribution in [0.25, 0.3) is 21.0 Å². The minimum absolute atomic E-state index is 0.197. The number of thiazole rings is 1. The molecule has 2 aromatic carbocycles. The molecule has 0 unspecified atom stereocenters. The Bertz CT molecular complexity index is 849. The van der Waals surface area contributed by atoms with Crippen molar-refractivity contribution in [3.8, 4) is 26.8 Å². The second-order valence-electron chi connectivity index (χ2n) is 6.52. The van der Waals surface area contributed by atoms with Crippen LogP contribution in [-0.4, -0.2) is 11.1 Å². The third-order valence-corrected chi connectivity index (χ3v) is 5.47. The summed E-state index contributed by atoms with van der Waals surface area (Å²) in [6.45, 7) is 4.08. The van der Waals surface area contributed by atoms with Crippen molar-refractivity contribution in [3.05, 3.63) is 59.8 Å². The van der Waals surface area contributed by atoms with Gasteiger partial charge in [0.05, 0.1) is 11.0 Å². The monoisotopic (exact) mass is 335 g/mol. The van der Waals surface area contributed by atoms with Gasteiger partial charge in [0.15, 0.2) is 0 Å². The first-order valence-corrected chi connectivity index (χ1v) is 9.36. The molecule has 4 rings (SSSR count). The van der Waals surface area contributed by atoms with E-state index < -0.39 is 0 Å². The zero-order chi connectivity index (χ0) is 16.5. The van der Waals surface area contributed by atoms with E-state index in [-0.39, 0.29) is 6.10 Å². The molecule has 3 aromatic rings. The number of benzene rings is 2. The molecular formula is C21H21NOS. The molecule has 122 valence electrons. The van der Waals surface area contributed by atoms with Gasteiger partial charge in [-0.05, 0) is 74.1 Å². The lowest BCUT2D eigenvalue weighted by Crippen LogP contribution is -2.05. The van der Waals surface area contributed by atoms with E-state index in [1.807, 2.05) is 32.2 Å². The molecule has 0 aliphatic heterocycles. The summed E-state index contributed by atoms with van der Waals surface area (Å²) in [7, 11) is 0. The normalized spacial score (nSPS) is 13.3. The van der Waals surface area contributed by atoms with Gasteiger partial charge in [-0.3, -0.25) is 0 Å². The Morgan fingerprint density at radius 3 is 2.67 bits per heavy atom. The van der Waals surface area contributed by atoms with E-state index in [4.69, 9.17) is 4.74 Å². The Labute approximate surface area is 147 Å². The molecule has 1 aliphatic carbocycles. The summed E-state index contributed by atoms with van der Waals surface area (Å²) in [5.74, 6) is 0.909. The number of ether oxygens (including phenoxy) is 1. The number of fused-ring (bicyclic) bond motifs is 1. The maximum Gasteiger partial charge on any atom is 0.123 e. The van der Waals surface area contributed by atoms with Gasteiger partial charge in [-0.2, -0.15) is 0 Å². The standard InChI is InChI=1S/C21H21NOS/c1-14(2)23-17-11-9-16(10-12-17)21-22-13-20(24-21)19-8-4-6-15-5-3-7-18(15)19/h4,6,8-14H,3,5,7H2,1-2H3. The minimum atomic E-state index is 0.197. The number of hydrogen-bond donors (Lipinski definition) is 0. The molecule has 1 aromatic heterocycles. The summed E-state index contributed by atoms with van der Waals surface area (Å²) in [5, 5.41) is 1.07. The molecule has 3 heteroatoms. The SMILES string of the molecule is CC(C)Oc1ccc(-c2ncc(-c3cccc4c3CCC4)s2)cc1. The first-order chi connectivity index (χ1) is 11.7. The molecule has 0 atom stereocenters. The van der Waals surface area contributed by atoms with Crippen molar-refractivity contribution in [2.24, 2.45) is 0 Å². The fourth-order valence-corrected chi connectivity index (χ4v) is 4.31. The average molecular weight is 335 g/mol. The Morgan fingerprint density at radius 2 is 1.88 bits per heavy atom. The third-order valence-electron chi connectivity index (χ3n) is 4.39. The fourth-order valence-electron chi connectivity index (χ4n) is 3.33. The molecule has 0 amide bonds. The van der Waals surface area contributed by atoms with Crippen LogP contribution in [0.5, 0.6) is 5.75 Å². The van der Waals surface area contributed by atoms with Crippen LogP contribution in [0, 0.1) is 0 Å². The Kier molecular flexibility index (Phi) is 4.11. The van der Waals surface area contributed by atoms with Gasteiger partial charge in [0.1, 0.15) is 10.8 Å². The van der Waals surface area contributed by atoms with E-state index in [0.717, 1.165) is 16.3 Å². The lowest BCUT2D eigenvalue weighted by atomic mass is 10.0. The number of aromatic nitrogens is 1. The summed E-state index contributed by atoms with van der Waals surface area (Å²) in [6.07, 6.45) is 5.90. The van der Waals surface area contributed by atoms with E-state index >= 15 is 0 Å². The van der Waals surface area contributed by atoms with E-state index in [0.29, 0.717) is 0 Å². The van der Waals surface area contributed by atoms with E-state index in [1.165, 1.54) is 40.8 Å². The summed E-state index contributed by atoms with van der Waals surface area (Å²) >= 11 is 1.77. The van der Waals surface area contributed by atoms with Gasteiger partial charge >= 0.3 is 0 Å². The quantitative estimate of drug-likeness (QED) is 0.605. The van der Waals surface area contributed by atoms with Gasteiger partial charge in [0.2, 0.25) is 0 Å². The number of hydrogen-bond acceptors (Lipinski definition) is 3. The summed E-state index contributed by atoms with van der Waals surface area (Å²) in [6, 6.07) is 14.9. The molecule has 0 spiro atoms. The van der Waals surface area contributed by atoms with Crippen LogP contribution in [0.2, 0.25) is 0 Å². The molecule has 1 heterocycles. The van der Waals surface area contributed by atoms with Crippen LogP contribution < -0.4 is 4.74 Å². The molecule has 0 bridgehead atoms.